The third kappa shape index (κ3) is 2.84. The molecule has 0 aliphatic carbocycles. The van der Waals surface area contributed by atoms with Crippen LogP contribution in [0.3, 0.4) is 0 Å². The molecular weight excluding hydrogens is 353 g/mol. The van der Waals surface area contributed by atoms with E-state index in [2.05, 4.69) is 21.5 Å². The molecule has 142 valence electrons. The summed E-state index contributed by atoms with van der Waals surface area (Å²) in [7, 11) is 1.31. The Balaban J connectivity index is 1.78. The van der Waals surface area contributed by atoms with E-state index in [4.69, 9.17) is 9.31 Å². The highest BCUT2D eigenvalue weighted by Gasteiger charge is 2.52. The van der Waals surface area contributed by atoms with Crippen LogP contribution in [0.2, 0.25) is 0 Å². The predicted molar refractivity (Wildman–Crippen MR) is 108 cm³/mol. The molecule has 1 fully saturated rings. The highest BCUT2D eigenvalue weighted by Crippen LogP contribution is 2.37. The largest absolute Gasteiger partial charge is 0.498 e. The lowest BCUT2D eigenvalue weighted by molar-refractivity contribution is 0.00578. The number of nitrogens with one attached hydrogen (secondary N) is 1. The molecule has 1 aliphatic heterocycles. The van der Waals surface area contributed by atoms with Gasteiger partial charge in [0, 0.05) is 30.6 Å². The molecule has 0 spiro atoms. The first kappa shape index (κ1) is 18.5. The molecule has 0 radical (unpaired) electrons. The van der Waals surface area contributed by atoms with Crippen molar-refractivity contribution in [1.82, 2.24) is 14.6 Å². The third-order valence-corrected chi connectivity index (χ3v) is 5.59. The van der Waals surface area contributed by atoms with Gasteiger partial charge in [0.2, 0.25) is 0 Å². The van der Waals surface area contributed by atoms with Crippen LogP contribution in [-0.2, 0) is 9.31 Å². The molecule has 1 saturated heterocycles. The molecule has 0 aromatic carbocycles. The summed E-state index contributed by atoms with van der Waals surface area (Å²) in [5.74, 6) is 0. The first-order chi connectivity index (χ1) is 13.3. The molecule has 1 aliphatic rings. The van der Waals surface area contributed by atoms with Gasteiger partial charge >= 0.3 is 7.12 Å². The summed E-state index contributed by atoms with van der Waals surface area (Å²) >= 11 is 0. The van der Waals surface area contributed by atoms with Crippen molar-refractivity contribution < 1.29 is 9.31 Å². The monoisotopic (exact) mass is 375 g/mol. The van der Waals surface area contributed by atoms with Gasteiger partial charge in [-0.1, -0.05) is 0 Å². The van der Waals surface area contributed by atoms with Crippen LogP contribution in [0.25, 0.3) is 16.9 Å². The van der Waals surface area contributed by atoms with E-state index in [1.165, 1.54) is 0 Å². The number of hydrogen-bond donors (Lipinski definition) is 1. The molecule has 7 nitrogen and oxygen atoms in total. The van der Waals surface area contributed by atoms with Gasteiger partial charge in [-0.25, -0.2) is 4.52 Å². The van der Waals surface area contributed by atoms with E-state index in [1.54, 1.807) is 10.7 Å². The third-order valence-electron chi connectivity index (χ3n) is 5.59. The summed E-state index contributed by atoms with van der Waals surface area (Å²) in [6.45, 7) is 8.07. The molecule has 0 saturated carbocycles. The minimum absolute atomic E-state index is 0.434. The van der Waals surface area contributed by atoms with E-state index in [1.807, 2.05) is 65.2 Å². The van der Waals surface area contributed by atoms with E-state index in [0.29, 0.717) is 17.0 Å². The summed E-state index contributed by atoms with van der Waals surface area (Å²) in [6.07, 6.45) is 3.57. The lowest BCUT2D eigenvalue weighted by atomic mass is 9.78. The molecule has 0 bridgehead atoms. The van der Waals surface area contributed by atoms with Gasteiger partial charge in [-0.2, -0.15) is 10.4 Å². The van der Waals surface area contributed by atoms with E-state index < -0.39 is 18.3 Å². The molecule has 1 N–H and O–H groups in total. The SMILES string of the molecule is CNc1cc(-c2nn3cccc3cc2C#N)ncc1B1OC(C)(C)C(C)(C)O1. The maximum absolute atomic E-state index is 9.56. The smallest absolute Gasteiger partial charge is 0.399 e. The first-order valence-electron chi connectivity index (χ1n) is 9.18. The highest BCUT2D eigenvalue weighted by atomic mass is 16.7. The lowest BCUT2D eigenvalue weighted by Crippen LogP contribution is -2.41. The molecule has 28 heavy (non-hydrogen) atoms. The average molecular weight is 375 g/mol. The van der Waals surface area contributed by atoms with Crippen molar-refractivity contribution in [3.63, 3.8) is 0 Å². The second-order valence-electron chi connectivity index (χ2n) is 7.89. The molecule has 8 heteroatoms. The van der Waals surface area contributed by atoms with E-state index in [0.717, 1.165) is 16.7 Å². The minimum Gasteiger partial charge on any atom is -0.399 e. The van der Waals surface area contributed by atoms with Crippen LogP contribution < -0.4 is 10.8 Å². The zero-order valence-corrected chi connectivity index (χ0v) is 16.6. The quantitative estimate of drug-likeness (QED) is 0.709. The number of nitrogens with zero attached hydrogens (tertiary/aromatic N) is 4. The summed E-state index contributed by atoms with van der Waals surface area (Å²) in [4.78, 5) is 4.57. The Morgan fingerprint density at radius 3 is 2.54 bits per heavy atom. The molecule has 0 atom stereocenters. The molecule has 0 unspecified atom stereocenters. The van der Waals surface area contributed by atoms with Crippen LogP contribution in [-0.4, -0.2) is 40.0 Å². The number of nitriles is 1. The Kier molecular flexibility index (Phi) is 4.18. The fourth-order valence-corrected chi connectivity index (χ4v) is 3.21. The Morgan fingerprint density at radius 2 is 1.89 bits per heavy atom. The zero-order chi connectivity index (χ0) is 20.1. The Labute approximate surface area is 164 Å². The number of anilines is 1. The number of rotatable bonds is 3. The Bertz CT molecular complexity index is 1080. The topological polar surface area (TPSA) is 84.5 Å². The van der Waals surface area contributed by atoms with E-state index in [-0.39, 0.29) is 0 Å². The maximum atomic E-state index is 9.56. The fourth-order valence-electron chi connectivity index (χ4n) is 3.21. The van der Waals surface area contributed by atoms with E-state index in [9.17, 15) is 5.26 Å². The van der Waals surface area contributed by atoms with Gasteiger partial charge in [-0.15, -0.1) is 0 Å². The van der Waals surface area contributed by atoms with Crippen molar-refractivity contribution >= 4 is 23.8 Å². The minimum atomic E-state index is -0.524. The maximum Gasteiger partial charge on any atom is 0.498 e. The van der Waals surface area contributed by atoms with E-state index >= 15 is 0 Å². The standard InChI is InChI=1S/C20H22BN5O2/c1-19(2)20(3,4)28-21(27-19)15-12-24-17(10-16(15)23-5)18-13(11-22)9-14-7-6-8-26(14)25-18/h6-10,12H,1-5H3,(H,23,24). The van der Waals surface area contributed by atoms with Crippen molar-refractivity contribution in [1.29, 1.82) is 5.26 Å². The normalized spacial score (nSPS) is 17.6. The van der Waals surface area contributed by atoms with Crippen LogP contribution >= 0.6 is 0 Å². The van der Waals surface area contributed by atoms with Crippen LogP contribution in [0, 0.1) is 11.3 Å². The molecule has 4 rings (SSSR count). The predicted octanol–water partition coefficient (Wildman–Crippen LogP) is 2.61. The van der Waals surface area contributed by atoms with Crippen LogP contribution in [0.15, 0.2) is 36.7 Å². The Hall–Kier alpha value is -2.89. The number of aromatic nitrogens is 3. The van der Waals surface area contributed by atoms with Crippen molar-refractivity contribution in [2.24, 2.45) is 0 Å². The molecule has 4 heterocycles. The number of hydrogen-bond acceptors (Lipinski definition) is 6. The number of pyridine rings is 1. The average Bonchev–Trinajstić information content (AvgIpc) is 3.20. The second-order valence-corrected chi connectivity index (χ2v) is 7.89. The van der Waals surface area contributed by atoms with Gasteiger partial charge in [0.1, 0.15) is 11.8 Å². The molecular formula is C20H22BN5O2. The summed E-state index contributed by atoms with van der Waals surface area (Å²) in [6, 6.07) is 9.70. The summed E-state index contributed by atoms with van der Waals surface area (Å²) < 4.78 is 14.0. The first-order valence-corrected chi connectivity index (χ1v) is 9.18. The van der Waals surface area contributed by atoms with Gasteiger partial charge in [-0.3, -0.25) is 4.98 Å². The highest BCUT2D eigenvalue weighted by molar-refractivity contribution is 6.63. The molecule has 3 aromatic rings. The Morgan fingerprint density at radius 1 is 1.18 bits per heavy atom. The van der Waals surface area contributed by atoms with Gasteiger partial charge in [0.05, 0.1) is 28.0 Å². The van der Waals surface area contributed by atoms with Gasteiger partial charge in [0.25, 0.3) is 0 Å². The van der Waals surface area contributed by atoms with Gasteiger partial charge < -0.3 is 14.6 Å². The summed E-state index contributed by atoms with van der Waals surface area (Å²) in [5.41, 5.74) is 3.24. The van der Waals surface area contributed by atoms with Gasteiger partial charge in [0.15, 0.2) is 0 Å². The van der Waals surface area contributed by atoms with Gasteiger partial charge in [-0.05, 0) is 52.0 Å². The molecule has 3 aromatic heterocycles. The fraction of sp³-hybridized carbons (Fsp3) is 0.350. The number of fused-ring (bicyclic) bond motifs is 1. The van der Waals surface area contributed by atoms with Crippen LogP contribution in [0.1, 0.15) is 33.3 Å². The van der Waals surface area contributed by atoms with Crippen molar-refractivity contribution in [3.8, 4) is 17.5 Å². The van der Waals surface area contributed by atoms with Crippen molar-refractivity contribution in [3.05, 3.63) is 42.2 Å². The van der Waals surface area contributed by atoms with Crippen molar-refractivity contribution in [2.45, 2.75) is 38.9 Å². The van der Waals surface area contributed by atoms with Crippen LogP contribution in [0.4, 0.5) is 5.69 Å². The van der Waals surface area contributed by atoms with Crippen LogP contribution in [0.5, 0.6) is 0 Å². The van der Waals surface area contributed by atoms with Crippen molar-refractivity contribution in [2.75, 3.05) is 12.4 Å². The lowest BCUT2D eigenvalue weighted by Gasteiger charge is -2.32. The molecule has 0 amide bonds. The second kappa shape index (κ2) is 6.33. The summed E-state index contributed by atoms with van der Waals surface area (Å²) in [5, 5.41) is 17.3. The zero-order valence-electron chi connectivity index (χ0n) is 16.6.